The molecule has 1 saturated heterocycles. The van der Waals surface area contributed by atoms with E-state index >= 15 is 14.4 Å². The molecule has 26 heteroatoms. The van der Waals surface area contributed by atoms with E-state index in [0.717, 1.165) is 14.7 Å². The minimum atomic E-state index is -4.35. The summed E-state index contributed by atoms with van der Waals surface area (Å²) in [6, 6.07) is -7.77. The van der Waals surface area contributed by atoms with E-state index in [0.29, 0.717) is 51.4 Å². The number of carbonyl (C=O) groups is 11. The fraction of sp³-hybridized carbons (Fsp3) is 0.841. The molecule has 4 N–H and O–H groups in total. The van der Waals surface area contributed by atoms with Crippen LogP contribution in [0, 0.1) is 47.3 Å². The molecule has 542 valence electrons. The summed E-state index contributed by atoms with van der Waals surface area (Å²) >= 11 is 6.50. The first-order valence-electron chi connectivity index (χ1n) is 35.0. The molecular formula is C69H117ClF3N11O11. The zero-order valence-corrected chi connectivity index (χ0v) is 60.9. The second-order valence-electron chi connectivity index (χ2n) is 30.0. The first-order chi connectivity index (χ1) is 44.2. The number of amides is 11. The van der Waals surface area contributed by atoms with Crippen molar-refractivity contribution in [2.75, 3.05) is 69.0 Å². The minimum absolute atomic E-state index is 0.0217. The van der Waals surface area contributed by atoms with Gasteiger partial charge in [-0.3, -0.25) is 52.7 Å². The highest BCUT2D eigenvalue weighted by Crippen LogP contribution is 2.41. The number of likely N-dealkylation sites (N-methyl/N-ethyl adjacent to an activating group) is 7. The van der Waals surface area contributed by atoms with Crippen LogP contribution in [0.2, 0.25) is 0 Å². The van der Waals surface area contributed by atoms with Crippen molar-refractivity contribution in [3.8, 4) is 0 Å². The summed E-state index contributed by atoms with van der Waals surface area (Å²) in [5, 5.41) is 11.8. The van der Waals surface area contributed by atoms with Gasteiger partial charge in [0.2, 0.25) is 65.0 Å². The van der Waals surface area contributed by atoms with Crippen molar-refractivity contribution in [3.63, 3.8) is 0 Å². The van der Waals surface area contributed by atoms with Gasteiger partial charge in [0.05, 0.1) is 25.6 Å². The van der Waals surface area contributed by atoms with E-state index in [1.54, 1.807) is 20.8 Å². The zero-order valence-electron chi connectivity index (χ0n) is 60.1. The van der Waals surface area contributed by atoms with Gasteiger partial charge in [-0.15, -0.1) is 11.6 Å². The summed E-state index contributed by atoms with van der Waals surface area (Å²) in [5.41, 5.74) is -1.51. The van der Waals surface area contributed by atoms with Gasteiger partial charge in [-0.05, 0) is 144 Å². The number of halogens is 4. The number of alkyl halides is 4. The first-order valence-corrected chi connectivity index (χ1v) is 35.4. The lowest BCUT2D eigenvalue weighted by Gasteiger charge is -2.40. The quantitative estimate of drug-likeness (QED) is 0.127. The highest BCUT2D eigenvalue weighted by molar-refractivity contribution is 6.20. The number of nitrogens with one attached hydrogen (secondary N) is 4. The van der Waals surface area contributed by atoms with Gasteiger partial charge < -0.3 is 55.6 Å². The van der Waals surface area contributed by atoms with Crippen LogP contribution in [0.3, 0.4) is 0 Å². The Morgan fingerprint density at radius 2 is 1.05 bits per heavy atom. The molecule has 3 saturated carbocycles. The summed E-state index contributed by atoms with van der Waals surface area (Å²) in [6.45, 7) is 17.0. The minimum Gasteiger partial charge on any atom is -0.351 e. The Morgan fingerprint density at radius 3 is 1.58 bits per heavy atom. The van der Waals surface area contributed by atoms with Crippen LogP contribution in [0.15, 0.2) is 0 Å². The smallest absolute Gasteiger partial charge is 0.351 e. The lowest BCUT2D eigenvalue weighted by atomic mass is 9.79. The molecule has 95 heavy (non-hydrogen) atoms. The molecule has 3 aliphatic carbocycles. The van der Waals surface area contributed by atoms with E-state index in [2.05, 4.69) is 21.3 Å². The van der Waals surface area contributed by atoms with Crippen LogP contribution in [-0.4, -0.2) is 228 Å². The average Bonchev–Trinajstić information content (AvgIpc) is 1.78. The number of rotatable bonds is 14. The van der Waals surface area contributed by atoms with Crippen LogP contribution in [0.4, 0.5) is 13.2 Å². The largest absolute Gasteiger partial charge is 0.391 e. The van der Waals surface area contributed by atoms with Crippen molar-refractivity contribution in [1.82, 2.24) is 55.6 Å². The maximum atomic E-state index is 15.3. The second kappa shape index (κ2) is 36.7. The van der Waals surface area contributed by atoms with Crippen LogP contribution in [0.1, 0.15) is 198 Å². The SMILES string of the molecule is CC[C@H](C)[C@@H]1NC(=O)[C@H](C(C)C)N(C)C(=O)C[C@@H](CC(C)C)NC(=O)[C@H](CC(C)C)N(C)C(=O)C2(CCCC2)NC(=O)[C@H](CC(C)C)N(C)C(=O)[C@H](CCC2CCC(C(F)(F)F)CC2)NC(=O)CN(C)C(=O)[C@H](CC2CCC(Cl)CC2)N(C)C(=O)CN(C)C(=O)CN(C)C1=O. The van der Waals surface area contributed by atoms with Crippen molar-refractivity contribution in [1.29, 1.82) is 0 Å². The number of hydrogen-bond donors (Lipinski definition) is 4. The first kappa shape index (κ1) is 81.7. The van der Waals surface area contributed by atoms with Gasteiger partial charge >= 0.3 is 6.18 Å². The molecule has 0 aromatic carbocycles. The van der Waals surface area contributed by atoms with Crippen LogP contribution < -0.4 is 21.3 Å². The Morgan fingerprint density at radius 1 is 0.526 bits per heavy atom. The Kier molecular flexibility index (Phi) is 31.6. The zero-order chi connectivity index (χ0) is 71.7. The molecule has 0 radical (unpaired) electrons. The Hall–Kier alpha value is -5.75. The standard InChI is InChI=1S/C69H117ClF3N11O11/c1-18-45(10)59-66(94)80(13)39-57(87)78(11)40-58(88)81(14)54(36-47-23-28-49(70)29-24-47)65(93)79(12)38-55(85)75-51(30-25-46-21-26-48(27-22-46)69(71,72)73)64(92)82(15)53(35-43(6)7)62(90)77-68(31-19-20-32-68)67(95)83(16)52(34-42(4)5)61(89)74-50(33-41(2)3)37-56(86)84(17)60(44(8)9)63(91)76-59/h41-54,59-60H,18-40H2,1-17H3,(H,74,89)(H,75,85)(H,76,91)(H,77,90)/t45-,46?,47?,48?,49?,50+,51-,52-,53-,54-,59-,60-/m0/s1. The number of hydrogen-bond acceptors (Lipinski definition) is 11. The van der Waals surface area contributed by atoms with Gasteiger partial charge in [0, 0.05) is 67.2 Å². The molecule has 0 aromatic rings. The molecular weight excluding hydrogens is 1250 g/mol. The second-order valence-corrected chi connectivity index (χ2v) is 30.6. The van der Waals surface area contributed by atoms with E-state index in [4.69, 9.17) is 11.6 Å². The summed E-state index contributed by atoms with van der Waals surface area (Å²) < 4.78 is 41.5. The molecule has 22 nitrogen and oxygen atoms in total. The molecule has 0 unspecified atom stereocenters. The number of carbonyl (C=O) groups excluding carboxylic acids is 11. The van der Waals surface area contributed by atoms with Crippen LogP contribution in [0.25, 0.3) is 0 Å². The lowest BCUT2D eigenvalue weighted by Crippen LogP contribution is -2.64. The van der Waals surface area contributed by atoms with Crippen molar-refractivity contribution in [2.24, 2.45) is 47.3 Å². The third kappa shape index (κ3) is 23.5. The van der Waals surface area contributed by atoms with Gasteiger partial charge in [-0.1, -0.05) is 88.5 Å². The van der Waals surface area contributed by atoms with Crippen molar-refractivity contribution < 1.29 is 65.9 Å². The Bertz CT molecular complexity index is 2630. The third-order valence-electron chi connectivity index (χ3n) is 20.4. The molecule has 4 rings (SSSR count). The molecule has 8 atom stereocenters. The molecule has 1 spiro atoms. The molecule has 1 aliphatic heterocycles. The highest BCUT2D eigenvalue weighted by Gasteiger charge is 2.49. The van der Waals surface area contributed by atoms with Crippen molar-refractivity contribution in [3.05, 3.63) is 0 Å². The van der Waals surface area contributed by atoms with Crippen molar-refractivity contribution >= 4 is 76.6 Å². The molecule has 4 aliphatic rings. The average molecular weight is 1370 g/mol. The maximum Gasteiger partial charge on any atom is 0.391 e. The number of nitrogens with zero attached hydrogens (tertiary/aromatic N) is 7. The fourth-order valence-electron chi connectivity index (χ4n) is 14.3. The highest BCUT2D eigenvalue weighted by atomic mass is 35.5. The summed E-state index contributed by atoms with van der Waals surface area (Å²) in [6.07, 6.45) is 1.42. The Balaban J connectivity index is 1.86. The summed E-state index contributed by atoms with van der Waals surface area (Å²) in [5.74, 6) is -9.70. The summed E-state index contributed by atoms with van der Waals surface area (Å²) in [7, 11) is 10.1. The van der Waals surface area contributed by atoms with E-state index in [-0.39, 0.29) is 112 Å². The van der Waals surface area contributed by atoms with E-state index in [9.17, 15) is 51.5 Å². The fourth-order valence-corrected chi connectivity index (χ4v) is 14.6. The molecule has 1 heterocycles. The van der Waals surface area contributed by atoms with Crippen molar-refractivity contribution in [2.45, 2.75) is 257 Å². The van der Waals surface area contributed by atoms with Gasteiger partial charge in [0.25, 0.3) is 0 Å². The van der Waals surface area contributed by atoms with Crippen LogP contribution >= 0.6 is 11.6 Å². The van der Waals surface area contributed by atoms with Crippen LogP contribution in [-0.2, 0) is 52.7 Å². The van der Waals surface area contributed by atoms with Gasteiger partial charge in [-0.25, -0.2) is 0 Å². The molecule has 4 fully saturated rings. The summed E-state index contributed by atoms with van der Waals surface area (Å²) in [4.78, 5) is 170. The third-order valence-corrected chi connectivity index (χ3v) is 20.9. The predicted octanol–water partition coefficient (Wildman–Crippen LogP) is 7.13. The van der Waals surface area contributed by atoms with E-state index in [1.807, 2.05) is 48.5 Å². The van der Waals surface area contributed by atoms with Gasteiger partial charge in [0.1, 0.15) is 41.8 Å². The van der Waals surface area contributed by atoms with Crippen LogP contribution in [0.5, 0.6) is 0 Å². The molecule has 0 aromatic heterocycles. The van der Waals surface area contributed by atoms with E-state index < -0.39 is 156 Å². The van der Waals surface area contributed by atoms with E-state index in [1.165, 1.54) is 68.9 Å². The monoisotopic (exact) mass is 1370 g/mol. The molecule has 0 bridgehead atoms. The van der Waals surface area contributed by atoms with Gasteiger partial charge in [0.15, 0.2) is 0 Å². The lowest BCUT2D eigenvalue weighted by molar-refractivity contribution is -0.184. The predicted molar refractivity (Wildman–Crippen MR) is 359 cm³/mol. The molecule has 11 amide bonds. The maximum absolute atomic E-state index is 15.3. The Labute approximate surface area is 569 Å². The topological polar surface area (TPSA) is 259 Å². The van der Waals surface area contributed by atoms with Gasteiger partial charge in [-0.2, -0.15) is 13.2 Å². The normalized spacial score (nSPS) is 29.0.